The normalized spacial score (nSPS) is 10.5. The highest BCUT2D eigenvalue weighted by molar-refractivity contribution is 5.94. The maximum atomic E-state index is 12.0. The summed E-state index contributed by atoms with van der Waals surface area (Å²) in [7, 11) is 0. The van der Waals surface area contributed by atoms with E-state index < -0.39 is 17.9 Å². The molecule has 0 fully saturated rings. The summed E-state index contributed by atoms with van der Waals surface area (Å²) < 4.78 is 10.2. The molecule has 0 N–H and O–H groups in total. The van der Waals surface area contributed by atoms with E-state index >= 15 is 0 Å². The van der Waals surface area contributed by atoms with E-state index in [9.17, 15) is 9.59 Å². The van der Waals surface area contributed by atoms with Gasteiger partial charge in [0.25, 0.3) is 0 Å². The van der Waals surface area contributed by atoms with Crippen LogP contribution in [0.2, 0.25) is 0 Å². The highest BCUT2D eigenvalue weighted by Gasteiger charge is 2.29. The van der Waals surface area contributed by atoms with Gasteiger partial charge < -0.3 is 9.47 Å². The van der Waals surface area contributed by atoms with Gasteiger partial charge in [0, 0.05) is 0 Å². The van der Waals surface area contributed by atoms with Gasteiger partial charge in [0.1, 0.15) is 0 Å². The van der Waals surface area contributed by atoms with Gasteiger partial charge in [-0.15, -0.1) is 0 Å². The van der Waals surface area contributed by atoms with E-state index in [1.54, 1.807) is 0 Å². The van der Waals surface area contributed by atoms with E-state index in [4.69, 9.17) is 9.47 Å². The topological polar surface area (TPSA) is 52.6 Å². The number of aryl methyl sites for hydroxylation is 1. The molecule has 0 heterocycles. The maximum absolute atomic E-state index is 12.0. The van der Waals surface area contributed by atoms with Gasteiger partial charge in [-0.05, 0) is 37.7 Å². The van der Waals surface area contributed by atoms with Gasteiger partial charge in [-0.25, -0.2) is 0 Å². The van der Waals surface area contributed by atoms with Crippen LogP contribution in [-0.4, -0.2) is 25.2 Å². The Bertz CT molecular complexity index is 422. The smallest absolute Gasteiger partial charge is 0.320 e. The summed E-state index contributed by atoms with van der Waals surface area (Å²) in [6.07, 6.45) is 3.52. The molecule has 0 aliphatic carbocycles. The molecule has 0 atom stereocenters. The molecule has 1 aromatic carbocycles. The van der Waals surface area contributed by atoms with Crippen molar-refractivity contribution >= 4 is 11.9 Å². The molecule has 0 aliphatic heterocycles. The first-order valence-corrected chi connectivity index (χ1v) is 8.06. The number of rotatable bonds is 10. The molecule has 0 spiro atoms. The lowest BCUT2D eigenvalue weighted by Crippen LogP contribution is -2.28. The van der Waals surface area contributed by atoms with Crippen LogP contribution in [0.4, 0.5) is 0 Å². The fourth-order valence-electron chi connectivity index (χ4n) is 2.09. The standard InChI is InChI=1S/C18H26O4/c1-3-13-21-17(19)16(18(20)22-14-4-2)12-8-11-15-9-6-5-7-10-15/h5-7,9-10,16H,3-4,8,11-14H2,1-2H3. The van der Waals surface area contributed by atoms with Crippen LogP contribution in [-0.2, 0) is 25.5 Å². The molecule has 0 aliphatic rings. The van der Waals surface area contributed by atoms with E-state index in [1.807, 2.05) is 44.2 Å². The van der Waals surface area contributed by atoms with Crippen molar-refractivity contribution in [3.63, 3.8) is 0 Å². The van der Waals surface area contributed by atoms with Gasteiger partial charge in [0.2, 0.25) is 0 Å². The zero-order valence-electron chi connectivity index (χ0n) is 13.5. The quantitative estimate of drug-likeness (QED) is 0.490. The fraction of sp³-hybridized carbons (Fsp3) is 0.556. The van der Waals surface area contributed by atoms with E-state index in [-0.39, 0.29) is 0 Å². The first-order chi connectivity index (χ1) is 10.7. The molecule has 4 heteroatoms. The summed E-state index contributed by atoms with van der Waals surface area (Å²) in [6.45, 7) is 4.53. The second-order valence-electron chi connectivity index (χ2n) is 5.27. The molecule has 122 valence electrons. The Morgan fingerprint density at radius 2 is 1.50 bits per heavy atom. The van der Waals surface area contributed by atoms with E-state index in [2.05, 4.69) is 0 Å². The Morgan fingerprint density at radius 1 is 0.955 bits per heavy atom. The first-order valence-electron chi connectivity index (χ1n) is 8.06. The van der Waals surface area contributed by atoms with Crippen molar-refractivity contribution in [1.82, 2.24) is 0 Å². The molecule has 0 saturated heterocycles. The number of carbonyl (C=O) groups excluding carboxylic acids is 2. The number of hydrogen-bond acceptors (Lipinski definition) is 4. The Labute approximate surface area is 132 Å². The van der Waals surface area contributed by atoms with Crippen molar-refractivity contribution in [2.75, 3.05) is 13.2 Å². The molecule has 0 bridgehead atoms. The molecule has 0 saturated carbocycles. The van der Waals surface area contributed by atoms with Crippen molar-refractivity contribution in [3.8, 4) is 0 Å². The lowest BCUT2D eigenvalue weighted by molar-refractivity contribution is -0.162. The predicted octanol–water partition coefficient (Wildman–Crippen LogP) is 3.53. The van der Waals surface area contributed by atoms with Gasteiger partial charge in [-0.3, -0.25) is 9.59 Å². The van der Waals surface area contributed by atoms with Crippen LogP contribution in [0, 0.1) is 5.92 Å². The van der Waals surface area contributed by atoms with Crippen molar-refractivity contribution in [2.45, 2.75) is 46.0 Å². The number of esters is 2. The molecule has 0 amide bonds. The minimum atomic E-state index is -0.804. The fourth-order valence-corrected chi connectivity index (χ4v) is 2.09. The third kappa shape index (κ3) is 6.74. The minimum Gasteiger partial charge on any atom is -0.465 e. The predicted molar refractivity (Wildman–Crippen MR) is 85.4 cm³/mol. The summed E-state index contributed by atoms with van der Waals surface area (Å²) in [5, 5.41) is 0. The van der Waals surface area contributed by atoms with Crippen molar-refractivity contribution in [1.29, 1.82) is 0 Å². The van der Waals surface area contributed by atoms with Gasteiger partial charge >= 0.3 is 11.9 Å². The van der Waals surface area contributed by atoms with Crippen molar-refractivity contribution in [3.05, 3.63) is 35.9 Å². The lowest BCUT2D eigenvalue weighted by atomic mass is 9.99. The summed E-state index contributed by atoms with van der Waals surface area (Å²) in [4.78, 5) is 24.1. The third-order valence-corrected chi connectivity index (χ3v) is 3.27. The van der Waals surface area contributed by atoms with Crippen molar-refractivity contribution < 1.29 is 19.1 Å². The number of carbonyl (C=O) groups is 2. The summed E-state index contributed by atoms with van der Waals surface area (Å²) in [5.41, 5.74) is 1.20. The average molecular weight is 306 g/mol. The van der Waals surface area contributed by atoms with Gasteiger partial charge in [-0.1, -0.05) is 44.2 Å². The second kappa shape index (κ2) is 10.8. The van der Waals surface area contributed by atoms with Crippen molar-refractivity contribution in [2.24, 2.45) is 5.92 Å². The van der Waals surface area contributed by atoms with Crippen LogP contribution in [0.25, 0.3) is 0 Å². The van der Waals surface area contributed by atoms with E-state index in [0.29, 0.717) is 19.6 Å². The highest BCUT2D eigenvalue weighted by atomic mass is 16.6. The highest BCUT2D eigenvalue weighted by Crippen LogP contribution is 2.15. The molecule has 4 nitrogen and oxygen atoms in total. The molecular weight excluding hydrogens is 280 g/mol. The Balaban J connectivity index is 2.52. The first kappa shape index (κ1) is 18.2. The molecule has 1 rings (SSSR count). The molecule has 0 radical (unpaired) electrons. The molecule has 0 aromatic heterocycles. The number of benzene rings is 1. The summed E-state index contributed by atoms with van der Waals surface area (Å²) in [6, 6.07) is 10.0. The number of hydrogen-bond donors (Lipinski definition) is 0. The van der Waals surface area contributed by atoms with Crippen LogP contribution in [0.1, 0.15) is 45.1 Å². The molecule has 0 unspecified atom stereocenters. The lowest BCUT2D eigenvalue weighted by Gasteiger charge is -2.15. The molecular formula is C18H26O4. The van der Waals surface area contributed by atoms with Gasteiger partial charge in [-0.2, -0.15) is 0 Å². The molecule has 1 aromatic rings. The second-order valence-corrected chi connectivity index (χ2v) is 5.27. The SMILES string of the molecule is CCCOC(=O)C(CCCc1ccccc1)C(=O)OCCC. The minimum absolute atomic E-state index is 0.342. The van der Waals surface area contributed by atoms with Crippen LogP contribution < -0.4 is 0 Å². The largest absolute Gasteiger partial charge is 0.465 e. The van der Waals surface area contributed by atoms with Gasteiger partial charge in [0.05, 0.1) is 13.2 Å². The van der Waals surface area contributed by atoms with Crippen LogP contribution >= 0.6 is 0 Å². The molecule has 22 heavy (non-hydrogen) atoms. The number of ether oxygens (including phenoxy) is 2. The van der Waals surface area contributed by atoms with Crippen LogP contribution in [0.5, 0.6) is 0 Å². The van der Waals surface area contributed by atoms with E-state index in [1.165, 1.54) is 5.56 Å². The van der Waals surface area contributed by atoms with Crippen LogP contribution in [0.15, 0.2) is 30.3 Å². The Kier molecular flexibility index (Phi) is 8.96. The van der Waals surface area contributed by atoms with E-state index in [0.717, 1.165) is 25.7 Å². The zero-order valence-corrected chi connectivity index (χ0v) is 13.5. The Hall–Kier alpha value is -1.84. The average Bonchev–Trinajstić information content (AvgIpc) is 2.55. The maximum Gasteiger partial charge on any atom is 0.320 e. The third-order valence-electron chi connectivity index (χ3n) is 3.27. The monoisotopic (exact) mass is 306 g/mol. The van der Waals surface area contributed by atoms with Crippen LogP contribution in [0.3, 0.4) is 0 Å². The summed E-state index contributed by atoms with van der Waals surface area (Å²) in [5.74, 6) is -1.73. The summed E-state index contributed by atoms with van der Waals surface area (Å²) >= 11 is 0. The van der Waals surface area contributed by atoms with Gasteiger partial charge in [0.15, 0.2) is 5.92 Å². The zero-order chi connectivity index (χ0) is 16.2. The Morgan fingerprint density at radius 3 is 2.00 bits per heavy atom.